The number of amides is 2. The van der Waals surface area contributed by atoms with Crippen molar-refractivity contribution in [1.82, 2.24) is 25.0 Å². The molecule has 1 atom stereocenters. The fraction of sp³-hybridized carbons (Fsp3) is 0.471. The normalized spacial score (nSPS) is 15.1. The highest BCUT2D eigenvalue weighted by molar-refractivity contribution is 5.75. The van der Waals surface area contributed by atoms with E-state index in [9.17, 15) is 9.90 Å². The van der Waals surface area contributed by atoms with Crippen LogP contribution in [0.1, 0.15) is 44.1 Å². The maximum Gasteiger partial charge on any atom is 0.318 e. The van der Waals surface area contributed by atoms with Crippen LogP contribution in [0.5, 0.6) is 5.75 Å². The largest absolute Gasteiger partial charge is 0.508 e. The summed E-state index contributed by atoms with van der Waals surface area (Å²) in [6.45, 7) is 5.16. The lowest BCUT2D eigenvalue weighted by Crippen LogP contribution is -2.42. The molecule has 3 rings (SSSR count). The van der Waals surface area contributed by atoms with Crippen LogP contribution in [0.4, 0.5) is 4.79 Å². The van der Waals surface area contributed by atoms with Crippen molar-refractivity contribution in [2.24, 2.45) is 0 Å². The van der Waals surface area contributed by atoms with Crippen LogP contribution in [0.15, 0.2) is 30.6 Å². The average Bonchev–Trinajstić information content (AvgIpc) is 3.30. The highest BCUT2D eigenvalue weighted by Crippen LogP contribution is 2.34. The third kappa shape index (κ3) is 3.50. The average molecular weight is 329 g/mol. The number of aryl methyl sites for hydroxylation is 1. The van der Waals surface area contributed by atoms with E-state index >= 15 is 0 Å². The molecule has 2 aromatic rings. The van der Waals surface area contributed by atoms with Gasteiger partial charge >= 0.3 is 6.03 Å². The first-order valence-corrected chi connectivity index (χ1v) is 8.32. The molecule has 24 heavy (non-hydrogen) atoms. The monoisotopic (exact) mass is 329 g/mol. The summed E-state index contributed by atoms with van der Waals surface area (Å²) in [7, 11) is 0. The zero-order valence-corrected chi connectivity index (χ0v) is 14.0. The molecule has 2 N–H and O–H groups in total. The number of urea groups is 1. The summed E-state index contributed by atoms with van der Waals surface area (Å²) in [5.74, 6) is 0.978. The van der Waals surface area contributed by atoms with Crippen LogP contribution >= 0.6 is 0 Å². The first-order valence-electron chi connectivity index (χ1n) is 8.32. The number of aromatic hydroxyl groups is 1. The van der Waals surface area contributed by atoms with Gasteiger partial charge in [-0.25, -0.2) is 4.79 Å². The third-order valence-electron chi connectivity index (χ3n) is 4.40. The van der Waals surface area contributed by atoms with Crippen molar-refractivity contribution < 1.29 is 9.90 Å². The van der Waals surface area contributed by atoms with Gasteiger partial charge in [0.2, 0.25) is 0 Å². The number of phenols is 1. The Labute approximate surface area is 141 Å². The smallest absolute Gasteiger partial charge is 0.318 e. The Kier molecular flexibility index (Phi) is 4.69. The lowest BCUT2D eigenvalue weighted by atomic mass is 10.1. The topological polar surface area (TPSA) is 83.3 Å². The Hall–Kier alpha value is -2.57. The summed E-state index contributed by atoms with van der Waals surface area (Å²) in [6.07, 6.45) is 3.72. The molecule has 1 aromatic heterocycles. The lowest BCUT2D eigenvalue weighted by molar-refractivity contribution is 0.174. The molecule has 7 heteroatoms. The number of aromatic nitrogens is 3. The van der Waals surface area contributed by atoms with Crippen molar-refractivity contribution >= 4 is 6.03 Å². The van der Waals surface area contributed by atoms with Gasteiger partial charge in [0.05, 0.1) is 12.6 Å². The van der Waals surface area contributed by atoms with Gasteiger partial charge < -0.3 is 19.9 Å². The number of nitrogens with one attached hydrogen (secondary N) is 1. The minimum atomic E-state index is -0.0938. The van der Waals surface area contributed by atoms with Gasteiger partial charge in [0, 0.05) is 12.6 Å². The van der Waals surface area contributed by atoms with E-state index in [-0.39, 0.29) is 23.9 Å². The van der Waals surface area contributed by atoms with Gasteiger partial charge in [0.1, 0.15) is 12.1 Å². The second-order valence-corrected chi connectivity index (χ2v) is 6.10. The molecule has 1 heterocycles. The minimum absolute atomic E-state index is 0.0536. The molecule has 2 amide bonds. The number of carbonyl (C=O) groups excluding carboxylic acids is 1. The molecule has 0 spiro atoms. The fourth-order valence-electron chi connectivity index (χ4n) is 2.85. The van der Waals surface area contributed by atoms with Crippen molar-refractivity contribution in [2.45, 2.75) is 51.9 Å². The van der Waals surface area contributed by atoms with Crippen LogP contribution in [0.25, 0.3) is 0 Å². The van der Waals surface area contributed by atoms with Crippen molar-refractivity contribution in [1.29, 1.82) is 0 Å². The number of rotatable bonds is 6. The van der Waals surface area contributed by atoms with Crippen LogP contribution < -0.4 is 5.32 Å². The predicted octanol–water partition coefficient (Wildman–Crippen LogP) is 2.44. The summed E-state index contributed by atoms with van der Waals surface area (Å²) in [4.78, 5) is 14.6. The number of phenolic OH excluding ortho intramolecular Hbond substituents is 1. The lowest BCUT2D eigenvalue weighted by Gasteiger charge is -2.30. The molecule has 0 aliphatic heterocycles. The van der Waals surface area contributed by atoms with E-state index in [0.717, 1.165) is 30.8 Å². The number of benzene rings is 1. The summed E-state index contributed by atoms with van der Waals surface area (Å²) < 4.78 is 1.91. The standard InChI is InChI=1S/C17H23N5O2/c1-3-21-11-19-20-16(21)10-18-17(24)22(14-6-7-14)12(2)13-4-8-15(23)9-5-13/h4-5,8-9,11-12,14,23H,3,6-7,10H2,1-2H3,(H,18,24)/t12-/m1/s1. The van der Waals surface area contributed by atoms with Crippen LogP contribution in [0, 0.1) is 0 Å². The van der Waals surface area contributed by atoms with Gasteiger partial charge in [-0.3, -0.25) is 0 Å². The molecule has 128 valence electrons. The van der Waals surface area contributed by atoms with Gasteiger partial charge in [-0.2, -0.15) is 0 Å². The molecule has 0 saturated heterocycles. The van der Waals surface area contributed by atoms with Crippen LogP contribution in [0.3, 0.4) is 0 Å². The molecule has 1 aliphatic rings. The van der Waals surface area contributed by atoms with E-state index in [1.54, 1.807) is 18.5 Å². The van der Waals surface area contributed by atoms with Crippen molar-refractivity contribution in [3.63, 3.8) is 0 Å². The van der Waals surface area contributed by atoms with E-state index in [1.165, 1.54) is 0 Å². The highest BCUT2D eigenvalue weighted by atomic mass is 16.3. The number of hydrogen-bond donors (Lipinski definition) is 2. The minimum Gasteiger partial charge on any atom is -0.508 e. The highest BCUT2D eigenvalue weighted by Gasteiger charge is 2.36. The van der Waals surface area contributed by atoms with Crippen LogP contribution in [0.2, 0.25) is 0 Å². The molecular weight excluding hydrogens is 306 g/mol. The zero-order chi connectivity index (χ0) is 17.1. The van der Waals surface area contributed by atoms with Gasteiger partial charge in [-0.1, -0.05) is 12.1 Å². The molecule has 1 fully saturated rings. The molecule has 0 unspecified atom stereocenters. The van der Waals surface area contributed by atoms with E-state index in [2.05, 4.69) is 15.5 Å². The van der Waals surface area contributed by atoms with Gasteiger partial charge in [-0.15, -0.1) is 10.2 Å². The molecular formula is C17H23N5O2. The predicted molar refractivity (Wildman–Crippen MR) is 89.3 cm³/mol. The van der Waals surface area contributed by atoms with E-state index in [4.69, 9.17) is 0 Å². The molecule has 1 aliphatic carbocycles. The van der Waals surface area contributed by atoms with Crippen molar-refractivity contribution in [3.8, 4) is 5.75 Å². The van der Waals surface area contributed by atoms with E-state index < -0.39 is 0 Å². The second-order valence-electron chi connectivity index (χ2n) is 6.10. The maximum atomic E-state index is 12.7. The number of nitrogens with zero attached hydrogens (tertiary/aromatic N) is 4. The molecule has 0 radical (unpaired) electrons. The SMILES string of the molecule is CCn1cnnc1CNC(=O)N(C1CC1)[C@H](C)c1ccc(O)cc1. The maximum absolute atomic E-state index is 12.7. The summed E-state index contributed by atoms with van der Waals surface area (Å²) >= 11 is 0. The number of carbonyl (C=O) groups is 1. The molecule has 1 aromatic carbocycles. The zero-order valence-electron chi connectivity index (χ0n) is 14.0. The van der Waals surface area contributed by atoms with Gasteiger partial charge in [0.25, 0.3) is 0 Å². The Bertz CT molecular complexity index is 693. The Balaban J connectivity index is 1.68. The Morgan fingerprint density at radius 2 is 2.12 bits per heavy atom. The summed E-state index contributed by atoms with van der Waals surface area (Å²) in [5.41, 5.74) is 1.01. The van der Waals surface area contributed by atoms with Gasteiger partial charge in [0.15, 0.2) is 5.82 Å². The first-order chi connectivity index (χ1) is 11.6. The van der Waals surface area contributed by atoms with E-state index in [1.807, 2.05) is 35.4 Å². The fourth-order valence-corrected chi connectivity index (χ4v) is 2.85. The molecule has 7 nitrogen and oxygen atoms in total. The third-order valence-corrected chi connectivity index (χ3v) is 4.40. The van der Waals surface area contributed by atoms with Crippen LogP contribution in [-0.4, -0.2) is 36.8 Å². The van der Waals surface area contributed by atoms with Crippen molar-refractivity contribution in [2.75, 3.05) is 0 Å². The van der Waals surface area contributed by atoms with Gasteiger partial charge in [-0.05, 0) is 44.4 Å². The van der Waals surface area contributed by atoms with Crippen molar-refractivity contribution in [3.05, 3.63) is 42.0 Å². The van der Waals surface area contributed by atoms with E-state index in [0.29, 0.717) is 6.54 Å². The molecule has 0 bridgehead atoms. The summed E-state index contributed by atoms with van der Waals surface area (Å²) in [5, 5.41) is 20.3. The Morgan fingerprint density at radius 1 is 1.42 bits per heavy atom. The first kappa shape index (κ1) is 16.3. The number of hydrogen-bond acceptors (Lipinski definition) is 4. The second kappa shape index (κ2) is 6.90. The van der Waals surface area contributed by atoms with Crippen LogP contribution in [-0.2, 0) is 13.1 Å². The quantitative estimate of drug-likeness (QED) is 0.852. The molecule has 1 saturated carbocycles. The summed E-state index contributed by atoms with van der Waals surface area (Å²) in [6, 6.07) is 7.15. The Morgan fingerprint density at radius 3 is 2.75 bits per heavy atom.